The molecule has 2 aromatic carbocycles. The van der Waals surface area contributed by atoms with Gasteiger partial charge in [-0.2, -0.15) is 0 Å². The molecule has 1 heterocycles. The Kier molecular flexibility index (Phi) is 3.79. The van der Waals surface area contributed by atoms with Crippen LogP contribution in [0.2, 0.25) is 0 Å². The Morgan fingerprint density at radius 3 is 2.65 bits per heavy atom. The van der Waals surface area contributed by atoms with E-state index in [-0.39, 0.29) is 5.56 Å². The lowest BCUT2D eigenvalue weighted by Crippen LogP contribution is -2.12. The monoisotopic (exact) mass is 374 g/mol. The third-order valence-corrected chi connectivity index (χ3v) is 3.73. The molecule has 0 bridgehead atoms. The SMILES string of the molecule is O=C(Nc1cccc2cc(Br)cnc12)c1ccc(O)c(O)c1O. The van der Waals surface area contributed by atoms with E-state index in [0.717, 1.165) is 15.9 Å². The van der Waals surface area contributed by atoms with E-state index in [9.17, 15) is 20.1 Å². The van der Waals surface area contributed by atoms with Crippen molar-refractivity contribution < 1.29 is 20.1 Å². The van der Waals surface area contributed by atoms with Crippen LogP contribution in [0.3, 0.4) is 0 Å². The molecule has 6 nitrogen and oxygen atoms in total. The summed E-state index contributed by atoms with van der Waals surface area (Å²) in [5, 5.41) is 32.1. The second kappa shape index (κ2) is 5.77. The maximum Gasteiger partial charge on any atom is 0.259 e. The first-order chi connectivity index (χ1) is 11.0. The van der Waals surface area contributed by atoms with E-state index < -0.39 is 23.2 Å². The van der Waals surface area contributed by atoms with Gasteiger partial charge in [-0.3, -0.25) is 9.78 Å². The number of carbonyl (C=O) groups is 1. The van der Waals surface area contributed by atoms with Crippen LogP contribution in [0.1, 0.15) is 10.4 Å². The molecule has 3 rings (SSSR count). The second-order valence-corrected chi connectivity index (χ2v) is 5.73. The number of hydrogen-bond acceptors (Lipinski definition) is 5. The van der Waals surface area contributed by atoms with E-state index in [4.69, 9.17) is 0 Å². The van der Waals surface area contributed by atoms with Gasteiger partial charge in [-0.25, -0.2) is 0 Å². The van der Waals surface area contributed by atoms with Crippen LogP contribution >= 0.6 is 15.9 Å². The quantitative estimate of drug-likeness (QED) is 0.515. The number of rotatable bonds is 2. The molecular weight excluding hydrogens is 364 g/mol. The maximum absolute atomic E-state index is 12.3. The zero-order valence-electron chi connectivity index (χ0n) is 11.6. The molecule has 0 radical (unpaired) electrons. The molecule has 0 aliphatic carbocycles. The Hall–Kier alpha value is -2.80. The number of amides is 1. The first-order valence-corrected chi connectivity index (χ1v) is 7.36. The summed E-state index contributed by atoms with van der Waals surface area (Å²) >= 11 is 3.33. The highest BCUT2D eigenvalue weighted by Crippen LogP contribution is 2.37. The molecule has 3 aromatic rings. The minimum Gasteiger partial charge on any atom is -0.504 e. The third-order valence-electron chi connectivity index (χ3n) is 3.30. The summed E-state index contributed by atoms with van der Waals surface area (Å²) in [7, 11) is 0. The van der Waals surface area contributed by atoms with Crippen LogP contribution in [-0.4, -0.2) is 26.2 Å². The number of halogens is 1. The van der Waals surface area contributed by atoms with Gasteiger partial charge in [-0.1, -0.05) is 12.1 Å². The van der Waals surface area contributed by atoms with Crippen LogP contribution in [0.15, 0.2) is 47.1 Å². The van der Waals surface area contributed by atoms with Crippen molar-refractivity contribution in [1.82, 2.24) is 4.98 Å². The molecule has 0 fully saturated rings. The van der Waals surface area contributed by atoms with Crippen molar-refractivity contribution in [3.63, 3.8) is 0 Å². The van der Waals surface area contributed by atoms with Gasteiger partial charge < -0.3 is 20.6 Å². The molecule has 0 aliphatic heterocycles. The van der Waals surface area contributed by atoms with Gasteiger partial charge in [0.05, 0.1) is 16.8 Å². The van der Waals surface area contributed by atoms with Crippen molar-refractivity contribution in [2.75, 3.05) is 5.32 Å². The number of para-hydroxylation sites is 1. The number of anilines is 1. The first-order valence-electron chi connectivity index (χ1n) is 6.57. The Morgan fingerprint density at radius 1 is 1.09 bits per heavy atom. The lowest BCUT2D eigenvalue weighted by Gasteiger charge is -2.10. The van der Waals surface area contributed by atoms with Crippen molar-refractivity contribution >= 4 is 38.4 Å². The number of hydrogen-bond donors (Lipinski definition) is 4. The number of fused-ring (bicyclic) bond motifs is 1. The largest absolute Gasteiger partial charge is 0.504 e. The normalized spacial score (nSPS) is 10.7. The highest BCUT2D eigenvalue weighted by atomic mass is 79.9. The van der Waals surface area contributed by atoms with Crippen molar-refractivity contribution in [2.45, 2.75) is 0 Å². The fraction of sp³-hybridized carbons (Fsp3) is 0. The number of carbonyl (C=O) groups excluding carboxylic acids is 1. The van der Waals surface area contributed by atoms with Gasteiger partial charge in [0, 0.05) is 16.1 Å². The summed E-state index contributed by atoms with van der Waals surface area (Å²) < 4.78 is 0.814. The molecule has 0 atom stereocenters. The molecule has 1 aromatic heterocycles. The predicted molar refractivity (Wildman–Crippen MR) is 88.8 cm³/mol. The summed E-state index contributed by atoms with van der Waals surface area (Å²) in [4.78, 5) is 16.6. The molecule has 116 valence electrons. The van der Waals surface area contributed by atoms with E-state index in [1.54, 1.807) is 18.3 Å². The van der Waals surface area contributed by atoms with Gasteiger partial charge >= 0.3 is 0 Å². The second-order valence-electron chi connectivity index (χ2n) is 4.81. The lowest BCUT2D eigenvalue weighted by atomic mass is 10.1. The lowest BCUT2D eigenvalue weighted by molar-refractivity contribution is 0.102. The zero-order chi connectivity index (χ0) is 16.6. The van der Waals surface area contributed by atoms with Crippen molar-refractivity contribution in [3.8, 4) is 17.2 Å². The molecular formula is C16H11BrN2O4. The van der Waals surface area contributed by atoms with Gasteiger partial charge in [0.2, 0.25) is 5.75 Å². The van der Waals surface area contributed by atoms with Crippen molar-refractivity contribution in [3.05, 3.63) is 52.6 Å². The van der Waals surface area contributed by atoms with Gasteiger partial charge in [-0.05, 0) is 40.2 Å². The Balaban J connectivity index is 2.00. The highest BCUT2D eigenvalue weighted by molar-refractivity contribution is 9.10. The average Bonchev–Trinajstić information content (AvgIpc) is 2.52. The molecule has 0 spiro atoms. The van der Waals surface area contributed by atoms with Gasteiger partial charge in [0.25, 0.3) is 5.91 Å². The van der Waals surface area contributed by atoms with Crippen LogP contribution in [-0.2, 0) is 0 Å². The number of nitrogens with one attached hydrogen (secondary N) is 1. The topological polar surface area (TPSA) is 103 Å². The van der Waals surface area contributed by atoms with E-state index in [0.29, 0.717) is 11.2 Å². The van der Waals surface area contributed by atoms with Gasteiger partial charge in [0.1, 0.15) is 0 Å². The van der Waals surface area contributed by atoms with Crippen LogP contribution in [0.25, 0.3) is 10.9 Å². The summed E-state index contributed by atoms with van der Waals surface area (Å²) in [5.74, 6) is -2.55. The van der Waals surface area contributed by atoms with E-state index >= 15 is 0 Å². The van der Waals surface area contributed by atoms with Crippen LogP contribution < -0.4 is 5.32 Å². The fourth-order valence-corrected chi connectivity index (χ4v) is 2.53. The average molecular weight is 375 g/mol. The fourth-order valence-electron chi connectivity index (χ4n) is 2.18. The highest BCUT2D eigenvalue weighted by Gasteiger charge is 2.18. The number of aromatic hydroxyl groups is 3. The number of benzene rings is 2. The molecule has 1 amide bonds. The predicted octanol–water partition coefficient (Wildman–Crippen LogP) is 3.37. The number of phenolic OH excluding ortho intramolecular Hbond substituents is 3. The van der Waals surface area contributed by atoms with Crippen LogP contribution in [0.4, 0.5) is 5.69 Å². The maximum atomic E-state index is 12.3. The molecule has 0 saturated carbocycles. The van der Waals surface area contributed by atoms with E-state index in [1.165, 1.54) is 6.07 Å². The molecule has 4 N–H and O–H groups in total. The number of aromatic nitrogens is 1. The van der Waals surface area contributed by atoms with E-state index in [2.05, 4.69) is 26.2 Å². The van der Waals surface area contributed by atoms with Crippen molar-refractivity contribution in [2.24, 2.45) is 0 Å². The summed E-state index contributed by atoms with van der Waals surface area (Å²) in [6.45, 7) is 0. The smallest absolute Gasteiger partial charge is 0.259 e. The Labute approximate surface area is 139 Å². The molecule has 0 aliphatic rings. The summed E-state index contributed by atoms with van der Waals surface area (Å²) in [6.07, 6.45) is 1.61. The Bertz CT molecular complexity index is 927. The standard InChI is InChI=1S/C16H11BrN2O4/c17-9-6-8-2-1-3-11(13(8)18-7-9)19-16(23)10-4-5-12(20)15(22)14(10)21/h1-7,20-22H,(H,19,23). The van der Waals surface area contributed by atoms with Gasteiger partial charge in [-0.15, -0.1) is 0 Å². The van der Waals surface area contributed by atoms with Crippen molar-refractivity contribution in [1.29, 1.82) is 0 Å². The first kappa shape index (κ1) is 15.1. The molecule has 23 heavy (non-hydrogen) atoms. The third kappa shape index (κ3) is 2.78. The number of phenols is 3. The van der Waals surface area contributed by atoms with E-state index in [1.807, 2.05) is 12.1 Å². The zero-order valence-corrected chi connectivity index (χ0v) is 13.2. The summed E-state index contributed by atoms with van der Waals surface area (Å²) in [5.41, 5.74) is 0.896. The van der Waals surface area contributed by atoms with Crippen LogP contribution in [0, 0.1) is 0 Å². The minimum absolute atomic E-state index is 0.158. The number of pyridine rings is 1. The molecule has 7 heteroatoms. The Morgan fingerprint density at radius 2 is 1.87 bits per heavy atom. The van der Waals surface area contributed by atoms with Crippen LogP contribution in [0.5, 0.6) is 17.2 Å². The van der Waals surface area contributed by atoms with Gasteiger partial charge in [0.15, 0.2) is 11.5 Å². The minimum atomic E-state index is -0.738. The molecule has 0 unspecified atom stereocenters. The molecule has 0 saturated heterocycles. The summed E-state index contributed by atoms with van der Waals surface area (Å²) in [6, 6.07) is 9.50. The number of nitrogens with zero attached hydrogens (tertiary/aromatic N) is 1.